The van der Waals surface area contributed by atoms with Crippen LogP contribution >= 0.6 is 11.6 Å². The lowest BCUT2D eigenvalue weighted by molar-refractivity contribution is -0.114. The molecule has 3 N–H and O–H groups in total. The number of aromatic carboxylic acids is 1. The number of benzene rings is 2. The highest BCUT2D eigenvalue weighted by Gasteiger charge is 2.06. The van der Waals surface area contributed by atoms with E-state index in [-0.39, 0.29) is 18.0 Å². The SMILES string of the molecule is O=C(CNc1ccc(Cl)cc1)Nc1cccc(C(=O)O)c1. The van der Waals surface area contributed by atoms with Crippen LogP contribution in [0.4, 0.5) is 11.4 Å². The Morgan fingerprint density at radius 3 is 2.43 bits per heavy atom. The number of carbonyl (C=O) groups excluding carboxylic acids is 1. The van der Waals surface area contributed by atoms with Gasteiger partial charge in [0.1, 0.15) is 0 Å². The van der Waals surface area contributed by atoms with Crippen molar-refractivity contribution < 1.29 is 14.7 Å². The van der Waals surface area contributed by atoms with Crippen molar-refractivity contribution in [2.75, 3.05) is 17.2 Å². The van der Waals surface area contributed by atoms with E-state index in [4.69, 9.17) is 16.7 Å². The highest BCUT2D eigenvalue weighted by molar-refractivity contribution is 6.30. The van der Waals surface area contributed by atoms with Crippen LogP contribution in [0.25, 0.3) is 0 Å². The Morgan fingerprint density at radius 1 is 1.05 bits per heavy atom. The van der Waals surface area contributed by atoms with Crippen LogP contribution in [0.2, 0.25) is 5.02 Å². The molecule has 108 valence electrons. The topological polar surface area (TPSA) is 78.4 Å². The molecule has 0 radical (unpaired) electrons. The van der Waals surface area contributed by atoms with Crippen LogP contribution in [0.15, 0.2) is 48.5 Å². The molecule has 0 aliphatic heterocycles. The number of nitrogens with one attached hydrogen (secondary N) is 2. The molecule has 1 amide bonds. The zero-order chi connectivity index (χ0) is 15.2. The van der Waals surface area contributed by atoms with Crippen molar-refractivity contribution in [1.29, 1.82) is 0 Å². The molecule has 2 aromatic carbocycles. The third kappa shape index (κ3) is 4.50. The van der Waals surface area contributed by atoms with E-state index in [0.717, 1.165) is 5.69 Å². The Kier molecular flexibility index (Phi) is 4.79. The predicted molar refractivity (Wildman–Crippen MR) is 82.0 cm³/mol. The lowest BCUT2D eigenvalue weighted by atomic mass is 10.2. The van der Waals surface area contributed by atoms with Crippen molar-refractivity contribution in [3.05, 3.63) is 59.1 Å². The van der Waals surface area contributed by atoms with Gasteiger partial charge in [-0.05, 0) is 42.5 Å². The van der Waals surface area contributed by atoms with Crippen LogP contribution in [0, 0.1) is 0 Å². The number of amides is 1. The van der Waals surface area contributed by atoms with E-state index < -0.39 is 5.97 Å². The number of carboxylic acid groups (broad SMARTS) is 1. The van der Waals surface area contributed by atoms with Crippen molar-refractivity contribution in [1.82, 2.24) is 0 Å². The van der Waals surface area contributed by atoms with Gasteiger partial charge in [-0.15, -0.1) is 0 Å². The van der Waals surface area contributed by atoms with E-state index in [9.17, 15) is 9.59 Å². The number of rotatable bonds is 5. The predicted octanol–water partition coefficient (Wildman–Crippen LogP) is 3.09. The maximum absolute atomic E-state index is 11.8. The summed E-state index contributed by atoms with van der Waals surface area (Å²) in [6.45, 7) is 0.0684. The van der Waals surface area contributed by atoms with Crippen LogP contribution in [0.3, 0.4) is 0 Å². The zero-order valence-corrected chi connectivity index (χ0v) is 11.7. The molecule has 0 fully saturated rings. The molecule has 0 unspecified atom stereocenters. The molecule has 0 heterocycles. The van der Waals surface area contributed by atoms with Crippen LogP contribution in [0.5, 0.6) is 0 Å². The molecule has 0 aliphatic carbocycles. The van der Waals surface area contributed by atoms with Crippen molar-refractivity contribution in [3.8, 4) is 0 Å². The maximum atomic E-state index is 11.8. The van der Waals surface area contributed by atoms with E-state index in [2.05, 4.69) is 10.6 Å². The highest BCUT2D eigenvalue weighted by atomic mass is 35.5. The molecular weight excluding hydrogens is 292 g/mol. The molecule has 0 saturated heterocycles. The van der Waals surface area contributed by atoms with E-state index in [1.165, 1.54) is 12.1 Å². The molecule has 5 nitrogen and oxygen atoms in total. The minimum absolute atomic E-state index is 0.0684. The van der Waals surface area contributed by atoms with E-state index in [1.54, 1.807) is 36.4 Å². The quantitative estimate of drug-likeness (QED) is 0.793. The summed E-state index contributed by atoms with van der Waals surface area (Å²) in [5, 5.41) is 15.1. The van der Waals surface area contributed by atoms with E-state index >= 15 is 0 Å². The van der Waals surface area contributed by atoms with E-state index in [0.29, 0.717) is 10.7 Å². The summed E-state index contributed by atoms with van der Waals surface area (Å²) in [5.41, 5.74) is 1.34. The minimum Gasteiger partial charge on any atom is -0.478 e. The largest absolute Gasteiger partial charge is 0.478 e. The average Bonchev–Trinajstić information content (AvgIpc) is 2.47. The molecule has 6 heteroatoms. The number of carboxylic acids is 1. The van der Waals surface area contributed by atoms with Gasteiger partial charge in [-0.2, -0.15) is 0 Å². The highest BCUT2D eigenvalue weighted by Crippen LogP contribution is 2.13. The third-order valence-corrected chi connectivity index (χ3v) is 2.94. The standard InChI is InChI=1S/C15H13ClN2O3/c16-11-4-6-12(7-5-11)17-9-14(19)18-13-3-1-2-10(8-13)15(20)21/h1-8,17H,9H2,(H,18,19)(H,20,21). The van der Waals surface area contributed by atoms with Crippen LogP contribution in [-0.4, -0.2) is 23.5 Å². The maximum Gasteiger partial charge on any atom is 0.335 e. The summed E-state index contributed by atoms with van der Waals surface area (Å²) in [6, 6.07) is 13.0. The van der Waals surface area contributed by atoms with Gasteiger partial charge in [-0.3, -0.25) is 4.79 Å². The molecule has 21 heavy (non-hydrogen) atoms. The van der Waals surface area contributed by atoms with Crippen molar-refractivity contribution in [2.45, 2.75) is 0 Å². The third-order valence-electron chi connectivity index (χ3n) is 2.69. The van der Waals surface area contributed by atoms with Gasteiger partial charge in [0, 0.05) is 16.4 Å². The Hall–Kier alpha value is -2.53. The average molecular weight is 305 g/mol. The molecule has 0 bridgehead atoms. The second kappa shape index (κ2) is 6.76. The zero-order valence-electron chi connectivity index (χ0n) is 11.0. The van der Waals surface area contributed by atoms with Crippen LogP contribution < -0.4 is 10.6 Å². The molecule has 0 aromatic heterocycles. The molecule has 0 atom stereocenters. The monoisotopic (exact) mass is 304 g/mol. The first-order valence-corrected chi connectivity index (χ1v) is 6.55. The number of hydrogen-bond acceptors (Lipinski definition) is 3. The van der Waals surface area contributed by atoms with Gasteiger partial charge < -0.3 is 15.7 Å². The lowest BCUT2D eigenvalue weighted by Crippen LogP contribution is -2.21. The van der Waals surface area contributed by atoms with Gasteiger partial charge in [0.2, 0.25) is 5.91 Å². The number of anilines is 2. The normalized spacial score (nSPS) is 9.95. The first-order chi connectivity index (χ1) is 10.0. The Balaban J connectivity index is 1.91. The molecular formula is C15H13ClN2O3. The number of halogens is 1. The minimum atomic E-state index is -1.04. The van der Waals surface area contributed by atoms with Gasteiger partial charge in [0.15, 0.2) is 0 Å². The molecule has 0 aliphatic rings. The van der Waals surface area contributed by atoms with Gasteiger partial charge >= 0.3 is 5.97 Å². The van der Waals surface area contributed by atoms with Crippen LogP contribution in [0.1, 0.15) is 10.4 Å². The fourth-order valence-corrected chi connectivity index (χ4v) is 1.81. The van der Waals surface area contributed by atoms with Gasteiger partial charge in [0.05, 0.1) is 12.1 Å². The van der Waals surface area contributed by atoms with E-state index in [1.807, 2.05) is 0 Å². The number of carbonyl (C=O) groups is 2. The van der Waals surface area contributed by atoms with Crippen molar-refractivity contribution in [2.24, 2.45) is 0 Å². The Labute approximate surface area is 126 Å². The van der Waals surface area contributed by atoms with Gasteiger partial charge in [-0.25, -0.2) is 4.79 Å². The first kappa shape index (κ1) is 14.9. The fourth-order valence-electron chi connectivity index (χ4n) is 1.69. The molecule has 0 spiro atoms. The smallest absolute Gasteiger partial charge is 0.335 e. The van der Waals surface area contributed by atoms with Crippen molar-refractivity contribution >= 4 is 34.9 Å². The molecule has 2 rings (SSSR count). The number of hydrogen-bond donors (Lipinski definition) is 3. The Bertz CT molecular complexity index is 656. The second-order valence-electron chi connectivity index (χ2n) is 4.29. The summed E-state index contributed by atoms with van der Waals surface area (Å²) >= 11 is 5.77. The van der Waals surface area contributed by atoms with Crippen LogP contribution in [-0.2, 0) is 4.79 Å². The lowest BCUT2D eigenvalue weighted by Gasteiger charge is -2.08. The fraction of sp³-hybridized carbons (Fsp3) is 0.0667. The first-order valence-electron chi connectivity index (χ1n) is 6.17. The molecule has 2 aromatic rings. The second-order valence-corrected chi connectivity index (χ2v) is 4.73. The summed E-state index contributed by atoms with van der Waals surface area (Å²) in [4.78, 5) is 22.6. The summed E-state index contributed by atoms with van der Waals surface area (Å²) in [6.07, 6.45) is 0. The summed E-state index contributed by atoms with van der Waals surface area (Å²) in [7, 11) is 0. The van der Waals surface area contributed by atoms with Crippen molar-refractivity contribution in [3.63, 3.8) is 0 Å². The summed E-state index contributed by atoms with van der Waals surface area (Å²) < 4.78 is 0. The Morgan fingerprint density at radius 2 is 1.76 bits per heavy atom. The summed E-state index contributed by atoms with van der Waals surface area (Å²) in [5.74, 6) is -1.31. The molecule has 0 saturated carbocycles. The van der Waals surface area contributed by atoms with Gasteiger partial charge in [0.25, 0.3) is 0 Å². The van der Waals surface area contributed by atoms with Gasteiger partial charge in [-0.1, -0.05) is 17.7 Å².